The Bertz CT molecular complexity index is 688. The molecule has 1 aliphatic rings. The second-order valence-corrected chi connectivity index (χ2v) is 5.81. The topological polar surface area (TPSA) is 49.4 Å². The zero-order valence-corrected chi connectivity index (χ0v) is 12.3. The molecule has 1 N–H and O–H groups in total. The molecule has 2 aromatic rings. The predicted molar refractivity (Wildman–Crippen MR) is 79.5 cm³/mol. The first-order valence-electron chi connectivity index (χ1n) is 5.69. The van der Waals surface area contributed by atoms with Gasteiger partial charge in [0.15, 0.2) is 0 Å². The average molecular weight is 327 g/mol. The number of carbonyl (C=O) groups excluding carboxylic acids is 2. The van der Waals surface area contributed by atoms with Crippen LogP contribution in [0.1, 0.15) is 11.6 Å². The standard InChI is InChI=1S/C13H8Cl2N2O2S/c14-9-2-1-8(5-10(9)15)17-12(18)11(16-13(17)19)7-3-4-20-6-7/h1-6,11H,(H,16,19)/t11-/m1/s1. The van der Waals surface area contributed by atoms with Gasteiger partial charge in [0.1, 0.15) is 6.04 Å². The van der Waals surface area contributed by atoms with Crippen molar-refractivity contribution in [1.29, 1.82) is 0 Å². The summed E-state index contributed by atoms with van der Waals surface area (Å²) in [4.78, 5) is 25.5. The lowest BCUT2D eigenvalue weighted by molar-refractivity contribution is -0.118. The molecule has 2 heterocycles. The second kappa shape index (κ2) is 5.09. The molecule has 1 aromatic heterocycles. The Hall–Kier alpha value is -1.56. The molecule has 0 unspecified atom stereocenters. The summed E-state index contributed by atoms with van der Waals surface area (Å²) in [7, 11) is 0. The molecule has 0 saturated carbocycles. The number of carbonyl (C=O) groups is 2. The van der Waals surface area contributed by atoms with Crippen LogP contribution in [0, 0.1) is 0 Å². The van der Waals surface area contributed by atoms with Crippen molar-refractivity contribution in [3.8, 4) is 0 Å². The molecule has 1 saturated heterocycles. The Morgan fingerprint density at radius 2 is 1.95 bits per heavy atom. The Morgan fingerprint density at radius 3 is 2.60 bits per heavy atom. The fraction of sp³-hybridized carbons (Fsp3) is 0.0769. The van der Waals surface area contributed by atoms with Gasteiger partial charge in [0.25, 0.3) is 5.91 Å². The normalized spacial score (nSPS) is 18.5. The fourth-order valence-electron chi connectivity index (χ4n) is 2.01. The minimum Gasteiger partial charge on any atom is -0.321 e. The Labute approximate surface area is 128 Å². The van der Waals surface area contributed by atoms with Crippen LogP contribution in [0.5, 0.6) is 0 Å². The molecule has 0 spiro atoms. The van der Waals surface area contributed by atoms with E-state index in [-0.39, 0.29) is 5.91 Å². The van der Waals surface area contributed by atoms with Crippen LogP contribution in [-0.2, 0) is 4.79 Å². The molecule has 0 bridgehead atoms. The summed E-state index contributed by atoms with van der Waals surface area (Å²) < 4.78 is 0. The highest BCUT2D eigenvalue weighted by molar-refractivity contribution is 7.08. The smallest absolute Gasteiger partial charge is 0.321 e. The van der Waals surface area contributed by atoms with E-state index >= 15 is 0 Å². The number of benzene rings is 1. The zero-order chi connectivity index (χ0) is 14.3. The maximum Gasteiger partial charge on any atom is 0.329 e. The SMILES string of the molecule is O=C1N[C@H](c2ccsc2)C(=O)N1c1ccc(Cl)c(Cl)c1. The number of nitrogens with zero attached hydrogens (tertiary/aromatic N) is 1. The quantitative estimate of drug-likeness (QED) is 0.852. The number of imide groups is 1. The van der Waals surface area contributed by atoms with Crippen molar-refractivity contribution in [2.45, 2.75) is 6.04 Å². The monoisotopic (exact) mass is 326 g/mol. The summed E-state index contributed by atoms with van der Waals surface area (Å²) in [6.45, 7) is 0. The Morgan fingerprint density at radius 1 is 1.15 bits per heavy atom. The molecule has 1 atom stereocenters. The molecule has 4 nitrogen and oxygen atoms in total. The van der Waals surface area contributed by atoms with Crippen LogP contribution in [0.15, 0.2) is 35.0 Å². The molecule has 0 aliphatic carbocycles. The van der Waals surface area contributed by atoms with Crippen LogP contribution in [0.4, 0.5) is 10.5 Å². The number of nitrogens with one attached hydrogen (secondary N) is 1. The number of hydrogen-bond donors (Lipinski definition) is 1. The van der Waals surface area contributed by atoms with Crippen molar-refractivity contribution in [1.82, 2.24) is 5.32 Å². The molecule has 3 amide bonds. The van der Waals surface area contributed by atoms with Crippen molar-refractivity contribution in [3.63, 3.8) is 0 Å². The maximum absolute atomic E-state index is 12.4. The van der Waals surface area contributed by atoms with Gasteiger partial charge in [-0.1, -0.05) is 23.2 Å². The third kappa shape index (κ3) is 2.18. The van der Waals surface area contributed by atoms with Gasteiger partial charge >= 0.3 is 6.03 Å². The molecule has 0 radical (unpaired) electrons. The molecule has 3 rings (SSSR count). The van der Waals surface area contributed by atoms with Gasteiger partial charge < -0.3 is 5.32 Å². The number of thiophene rings is 1. The number of halogens is 2. The van der Waals surface area contributed by atoms with Crippen molar-refractivity contribution in [3.05, 3.63) is 50.6 Å². The lowest BCUT2D eigenvalue weighted by atomic mass is 10.1. The highest BCUT2D eigenvalue weighted by Gasteiger charge is 2.40. The highest BCUT2D eigenvalue weighted by atomic mass is 35.5. The first-order chi connectivity index (χ1) is 9.58. The maximum atomic E-state index is 12.4. The van der Waals surface area contributed by atoms with E-state index in [2.05, 4.69) is 5.32 Å². The molecule has 20 heavy (non-hydrogen) atoms. The van der Waals surface area contributed by atoms with Crippen molar-refractivity contribution < 1.29 is 9.59 Å². The second-order valence-electron chi connectivity index (χ2n) is 4.21. The van der Waals surface area contributed by atoms with Gasteiger partial charge in [0.2, 0.25) is 0 Å². The number of amides is 3. The predicted octanol–water partition coefficient (Wildman–Crippen LogP) is 3.85. The van der Waals surface area contributed by atoms with Crippen molar-refractivity contribution in [2.24, 2.45) is 0 Å². The van der Waals surface area contributed by atoms with E-state index in [0.29, 0.717) is 15.7 Å². The fourth-order valence-corrected chi connectivity index (χ4v) is 2.99. The van der Waals surface area contributed by atoms with E-state index in [1.54, 1.807) is 12.1 Å². The van der Waals surface area contributed by atoms with E-state index in [4.69, 9.17) is 23.2 Å². The third-order valence-corrected chi connectivity index (χ3v) is 4.42. The first-order valence-corrected chi connectivity index (χ1v) is 7.39. The summed E-state index contributed by atoms with van der Waals surface area (Å²) in [5.74, 6) is -0.327. The van der Waals surface area contributed by atoms with Gasteiger partial charge in [-0.05, 0) is 40.6 Å². The lowest BCUT2D eigenvalue weighted by Crippen LogP contribution is -2.30. The van der Waals surface area contributed by atoms with Crippen molar-refractivity contribution in [2.75, 3.05) is 4.90 Å². The first kappa shape index (κ1) is 13.4. The number of anilines is 1. The van der Waals surface area contributed by atoms with Crippen LogP contribution in [-0.4, -0.2) is 11.9 Å². The van der Waals surface area contributed by atoms with E-state index in [0.717, 1.165) is 10.5 Å². The van der Waals surface area contributed by atoms with E-state index in [9.17, 15) is 9.59 Å². The van der Waals surface area contributed by atoms with Gasteiger partial charge in [0, 0.05) is 0 Å². The minimum absolute atomic E-state index is 0.295. The number of hydrogen-bond acceptors (Lipinski definition) is 3. The van der Waals surface area contributed by atoms with Crippen LogP contribution >= 0.6 is 34.5 Å². The molecular formula is C13H8Cl2N2O2S. The van der Waals surface area contributed by atoms with Crippen LogP contribution in [0.25, 0.3) is 0 Å². The Kier molecular flexibility index (Phi) is 3.41. The van der Waals surface area contributed by atoms with Gasteiger partial charge in [0.05, 0.1) is 15.7 Å². The summed E-state index contributed by atoms with van der Waals surface area (Å²) in [6.07, 6.45) is 0. The number of rotatable bonds is 2. The van der Waals surface area contributed by atoms with Gasteiger partial charge in [-0.2, -0.15) is 11.3 Å². The van der Waals surface area contributed by atoms with Crippen LogP contribution in [0.2, 0.25) is 10.0 Å². The third-order valence-electron chi connectivity index (χ3n) is 2.98. The summed E-state index contributed by atoms with van der Waals surface area (Å²) in [5, 5.41) is 7.02. The molecule has 1 aromatic carbocycles. The molecular weight excluding hydrogens is 319 g/mol. The molecule has 1 aliphatic heterocycles. The summed E-state index contributed by atoms with van der Waals surface area (Å²) in [6, 6.07) is 5.33. The lowest BCUT2D eigenvalue weighted by Gasteiger charge is -2.13. The minimum atomic E-state index is -0.650. The largest absolute Gasteiger partial charge is 0.329 e. The van der Waals surface area contributed by atoms with Gasteiger partial charge in [-0.25, -0.2) is 9.69 Å². The number of urea groups is 1. The van der Waals surface area contributed by atoms with Crippen molar-refractivity contribution >= 4 is 52.2 Å². The van der Waals surface area contributed by atoms with Crippen LogP contribution < -0.4 is 10.2 Å². The molecule has 1 fully saturated rings. The Balaban J connectivity index is 1.96. The zero-order valence-electron chi connectivity index (χ0n) is 9.97. The molecule has 7 heteroatoms. The van der Waals surface area contributed by atoms with Gasteiger partial charge in [-0.3, -0.25) is 4.79 Å². The average Bonchev–Trinajstić information content (AvgIpc) is 3.02. The summed E-state index contributed by atoms with van der Waals surface area (Å²) >= 11 is 13.2. The van der Waals surface area contributed by atoms with E-state index in [1.165, 1.54) is 17.4 Å². The highest BCUT2D eigenvalue weighted by Crippen LogP contribution is 2.32. The van der Waals surface area contributed by atoms with Gasteiger partial charge in [-0.15, -0.1) is 0 Å². The van der Waals surface area contributed by atoms with E-state index < -0.39 is 12.1 Å². The van der Waals surface area contributed by atoms with Crippen LogP contribution in [0.3, 0.4) is 0 Å². The van der Waals surface area contributed by atoms with E-state index in [1.807, 2.05) is 16.8 Å². The summed E-state index contributed by atoms with van der Waals surface area (Å²) in [5.41, 5.74) is 1.18. The molecule has 102 valence electrons.